The number of aryl methyl sites for hydroxylation is 2. The normalized spacial score (nSPS) is 11.8. The van der Waals surface area contributed by atoms with E-state index in [9.17, 15) is 15.0 Å². The van der Waals surface area contributed by atoms with Gasteiger partial charge in [0.15, 0.2) is 5.78 Å². The molecule has 2 N–H and O–H groups in total. The number of carbonyl (C=O) groups excluding carboxylic acids is 1. The first kappa shape index (κ1) is 17.8. The molecule has 0 fully saturated rings. The van der Waals surface area contributed by atoms with Gasteiger partial charge in [0.25, 0.3) is 0 Å². The van der Waals surface area contributed by atoms with Crippen LogP contribution in [0.15, 0.2) is 36.4 Å². The van der Waals surface area contributed by atoms with E-state index in [1.165, 1.54) is 13.0 Å². The summed E-state index contributed by atoms with van der Waals surface area (Å²) in [6, 6.07) is 10.4. The van der Waals surface area contributed by atoms with E-state index in [2.05, 4.69) is 0 Å². The molecule has 0 amide bonds. The fraction of sp³-hybridized carbons (Fsp3) is 0.316. The van der Waals surface area contributed by atoms with Gasteiger partial charge in [-0.3, -0.25) is 4.79 Å². The monoisotopic (exact) mass is 330 g/mol. The Bertz CT molecular complexity index is 724. The number of phenolic OH excluding ortho intramolecular Hbond substituents is 1. The molecule has 1 atom stereocenters. The van der Waals surface area contributed by atoms with Crippen molar-refractivity contribution in [2.45, 2.75) is 26.9 Å². The largest absolute Gasteiger partial charge is 0.507 e. The molecule has 0 saturated carbocycles. The average Bonchev–Trinajstić information content (AvgIpc) is 2.53. The number of carbonyl (C=O) groups is 1. The minimum absolute atomic E-state index is 0.0470. The molecule has 0 radical (unpaired) electrons. The lowest BCUT2D eigenvalue weighted by atomic mass is 10.1. The molecule has 2 aromatic rings. The molecule has 5 heteroatoms. The third-order valence-electron chi connectivity index (χ3n) is 3.56. The smallest absolute Gasteiger partial charge is 0.167 e. The molecule has 0 bridgehead atoms. The van der Waals surface area contributed by atoms with Crippen molar-refractivity contribution < 1.29 is 24.5 Å². The molecule has 2 rings (SSSR count). The zero-order chi connectivity index (χ0) is 17.7. The molecular weight excluding hydrogens is 308 g/mol. The number of ketones is 1. The fourth-order valence-corrected chi connectivity index (χ4v) is 2.28. The first-order valence-electron chi connectivity index (χ1n) is 7.72. The lowest BCUT2D eigenvalue weighted by Crippen LogP contribution is -2.25. The number of Topliss-reactive ketones (excluding diaryl/α,β-unsaturated/α-hetero) is 1. The first-order valence-corrected chi connectivity index (χ1v) is 7.72. The van der Waals surface area contributed by atoms with E-state index in [1.54, 1.807) is 12.1 Å². The highest BCUT2D eigenvalue weighted by Crippen LogP contribution is 2.28. The standard InChI is InChI=1S/C19H22O5/c1-12-7-8-13(2)18(9-12)24-11-15(21)10-23-17-6-4-5-16(22)19(17)14(3)20/h4-9,15,21-22H,10-11H2,1-3H3. The summed E-state index contributed by atoms with van der Waals surface area (Å²) in [7, 11) is 0. The Morgan fingerprint density at radius 2 is 1.75 bits per heavy atom. The van der Waals surface area contributed by atoms with Crippen LogP contribution in [0.3, 0.4) is 0 Å². The summed E-state index contributed by atoms with van der Waals surface area (Å²) in [5.74, 6) is 0.523. The van der Waals surface area contributed by atoms with Crippen molar-refractivity contribution in [2.75, 3.05) is 13.2 Å². The summed E-state index contributed by atoms with van der Waals surface area (Å²) in [6.07, 6.45) is -0.868. The number of aliphatic hydroxyl groups excluding tert-OH is 1. The van der Waals surface area contributed by atoms with Crippen LogP contribution in [-0.4, -0.2) is 35.3 Å². The molecule has 128 valence electrons. The Balaban J connectivity index is 1.94. The summed E-state index contributed by atoms with van der Waals surface area (Å²) in [4.78, 5) is 11.6. The van der Waals surface area contributed by atoms with E-state index in [4.69, 9.17) is 9.47 Å². The van der Waals surface area contributed by atoms with E-state index in [-0.39, 0.29) is 36.1 Å². The minimum Gasteiger partial charge on any atom is -0.507 e. The van der Waals surface area contributed by atoms with Crippen molar-refractivity contribution in [3.63, 3.8) is 0 Å². The molecular formula is C19H22O5. The molecule has 5 nitrogen and oxygen atoms in total. The third-order valence-corrected chi connectivity index (χ3v) is 3.56. The van der Waals surface area contributed by atoms with Gasteiger partial charge in [0.1, 0.15) is 42.1 Å². The summed E-state index contributed by atoms with van der Waals surface area (Å²) in [5.41, 5.74) is 2.17. The summed E-state index contributed by atoms with van der Waals surface area (Å²) >= 11 is 0. The van der Waals surface area contributed by atoms with Crippen molar-refractivity contribution in [3.05, 3.63) is 53.1 Å². The van der Waals surface area contributed by atoms with Crippen LogP contribution in [-0.2, 0) is 0 Å². The second-order valence-corrected chi connectivity index (χ2v) is 5.75. The van der Waals surface area contributed by atoms with Gasteiger partial charge in [0.05, 0.1) is 0 Å². The Kier molecular flexibility index (Phi) is 5.82. The number of aromatic hydroxyl groups is 1. The quantitative estimate of drug-likeness (QED) is 0.763. The van der Waals surface area contributed by atoms with Crippen molar-refractivity contribution in [2.24, 2.45) is 0 Å². The van der Waals surface area contributed by atoms with E-state index in [0.717, 1.165) is 16.9 Å². The lowest BCUT2D eigenvalue weighted by molar-refractivity contribution is 0.0617. The summed E-state index contributed by atoms with van der Waals surface area (Å²) in [5, 5.41) is 19.8. The van der Waals surface area contributed by atoms with Gasteiger partial charge in [-0.05, 0) is 50.1 Å². The van der Waals surface area contributed by atoms with Gasteiger partial charge in [-0.2, -0.15) is 0 Å². The fourth-order valence-electron chi connectivity index (χ4n) is 2.28. The molecule has 0 aromatic heterocycles. The van der Waals surface area contributed by atoms with E-state index in [0.29, 0.717) is 0 Å². The van der Waals surface area contributed by atoms with Crippen LogP contribution in [0.4, 0.5) is 0 Å². The van der Waals surface area contributed by atoms with Crippen molar-refractivity contribution in [1.29, 1.82) is 0 Å². The third kappa shape index (κ3) is 4.49. The Morgan fingerprint density at radius 1 is 1.08 bits per heavy atom. The molecule has 1 unspecified atom stereocenters. The number of rotatable bonds is 7. The molecule has 0 heterocycles. The Labute approximate surface area is 141 Å². The highest BCUT2D eigenvalue weighted by Gasteiger charge is 2.15. The first-order chi connectivity index (χ1) is 11.4. The van der Waals surface area contributed by atoms with E-state index in [1.807, 2.05) is 32.0 Å². The van der Waals surface area contributed by atoms with Gasteiger partial charge in [0.2, 0.25) is 0 Å². The SMILES string of the molecule is CC(=O)c1c(O)cccc1OCC(O)COc1cc(C)ccc1C. The molecule has 24 heavy (non-hydrogen) atoms. The number of phenols is 1. The van der Waals surface area contributed by atoms with Crippen LogP contribution in [0, 0.1) is 13.8 Å². The van der Waals surface area contributed by atoms with Crippen LogP contribution in [0.25, 0.3) is 0 Å². The minimum atomic E-state index is -0.868. The van der Waals surface area contributed by atoms with Gasteiger partial charge >= 0.3 is 0 Å². The zero-order valence-corrected chi connectivity index (χ0v) is 14.1. The molecule has 0 spiro atoms. The number of aliphatic hydroxyl groups is 1. The van der Waals surface area contributed by atoms with E-state index >= 15 is 0 Å². The van der Waals surface area contributed by atoms with Crippen LogP contribution >= 0.6 is 0 Å². The maximum Gasteiger partial charge on any atom is 0.167 e. The predicted octanol–water partition coefficient (Wildman–Crippen LogP) is 3.03. The molecule has 2 aromatic carbocycles. The van der Waals surface area contributed by atoms with Gasteiger partial charge in [0, 0.05) is 0 Å². The highest BCUT2D eigenvalue weighted by molar-refractivity contribution is 5.99. The van der Waals surface area contributed by atoms with Gasteiger partial charge in [-0.1, -0.05) is 18.2 Å². The van der Waals surface area contributed by atoms with E-state index < -0.39 is 6.10 Å². The highest BCUT2D eigenvalue weighted by atomic mass is 16.5. The zero-order valence-electron chi connectivity index (χ0n) is 14.1. The van der Waals surface area contributed by atoms with Crippen molar-refractivity contribution >= 4 is 5.78 Å². The van der Waals surface area contributed by atoms with Gasteiger partial charge < -0.3 is 19.7 Å². The predicted molar refractivity (Wildman–Crippen MR) is 91.0 cm³/mol. The second-order valence-electron chi connectivity index (χ2n) is 5.75. The lowest BCUT2D eigenvalue weighted by Gasteiger charge is -2.16. The van der Waals surface area contributed by atoms with Crippen LogP contribution < -0.4 is 9.47 Å². The number of ether oxygens (including phenoxy) is 2. The molecule has 0 aliphatic rings. The van der Waals surface area contributed by atoms with Crippen molar-refractivity contribution in [3.8, 4) is 17.2 Å². The summed E-state index contributed by atoms with van der Waals surface area (Å²) in [6.45, 7) is 5.27. The molecule has 0 aliphatic heterocycles. The van der Waals surface area contributed by atoms with Gasteiger partial charge in [-0.25, -0.2) is 0 Å². The molecule has 0 saturated heterocycles. The van der Waals surface area contributed by atoms with Crippen LogP contribution in [0.5, 0.6) is 17.2 Å². The summed E-state index contributed by atoms with van der Waals surface area (Å²) < 4.78 is 11.1. The maximum atomic E-state index is 11.6. The number of hydrogen-bond acceptors (Lipinski definition) is 5. The van der Waals surface area contributed by atoms with Crippen LogP contribution in [0.2, 0.25) is 0 Å². The number of benzene rings is 2. The average molecular weight is 330 g/mol. The maximum absolute atomic E-state index is 11.6. The second kappa shape index (κ2) is 7.84. The van der Waals surface area contributed by atoms with Crippen LogP contribution in [0.1, 0.15) is 28.4 Å². The van der Waals surface area contributed by atoms with Crippen molar-refractivity contribution in [1.82, 2.24) is 0 Å². The topological polar surface area (TPSA) is 76.0 Å². The number of hydrogen-bond donors (Lipinski definition) is 2. The Morgan fingerprint density at radius 3 is 2.42 bits per heavy atom. The Hall–Kier alpha value is -2.53. The van der Waals surface area contributed by atoms with Gasteiger partial charge in [-0.15, -0.1) is 0 Å². The molecule has 0 aliphatic carbocycles.